The molecule has 0 saturated carbocycles. The summed E-state index contributed by atoms with van der Waals surface area (Å²) in [4.78, 5) is 18.0. The van der Waals surface area contributed by atoms with Crippen LogP contribution in [0.1, 0.15) is 12.5 Å². The van der Waals surface area contributed by atoms with Gasteiger partial charge in [-0.3, -0.25) is 4.57 Å². The topological polar surface area (TPSA) is 110 Å². The second kappa shape index (κ2) is 14.2. The van der Waals surface area contributed by atoms with Gasteiger partial charge in [-0.1, -0.05) is 54.1 Å². The van der Waals surface area contributed by atoms with Crippen molar-refractivity contribution in [3.05, 3.63) is 99.8 Å². The summed E-state index contributed by atoms with van der Waals surface area (Å²) < 4.78 is 18.4. The molecule has 0 amide bonds. The van der Waals surface area contributed by atoms with E-state index in [4.69, 9.17) is 16.1 Å². The third-order valence-corrected chi connectivity index (χ3v) is 11.3. The lowest BCUT2D eigenvalue weighted by atomic mass is 10.3. The molecule has 1 aromatic heterocycles. The molecular formula is C23H25ClN5O4PS2. The molecule has 9 nitrogen and oxygen atoms in total. The van der Waals surface area contributed by atoms with Crippen LogP contribution in [0, 0.1) is 10.1 Å². The molecule has 2 heterocycles. The van der Waals surface area contributed by atoms with Crippen molar-refractivity contribution in [3.8, 4) is 0 Å². The molecule has 4 rings (SSSR count). The van der Waals surface area contributed by atoms with Crippen molar-refractivity contribution < 1.29 is 14.1 Å². The number of pyridine rings is 1. The molecule has 2 aromatic carbocycles. The van der Waals surface area contributed by atoms with Crippen LogP contribution in [0.4, 0.5) is 0 Å². The van der Waals surface area contributed by atoms with E-state index in [0.29, 0.717) is 31.4 Å². The molecule has 0 spiro atoms. The van der Waals surface area contributed by atoms with E-state index in [0.717, 1.165) is 15.4 Å². The van der Waals surface area contributed by atoms with Gasteiger partial charge in [0.2, 0.25) is 0 Å². The van der Waals surface area contributed by atoms with E-state index in [1.165, 1.54) is 22.8 Å². The van der Waals surface area contributed by atoms with Gasteiger partial charge in [-0.25, -0.2) is 15.1 Å². The number of nitrogens with one attached hydrogen (secondary N) is 1. The molecule has 0 radical (unpaired) electrons. The first kappa shape index (κ1) is 28.0. The van der Waals surface area contributed by atoms with Crippen LogP contribution >= 0.6 is 40.1 Å². The maximum atomic E-state index is 12.9. The predicted octanol–water partition coefficient (Wildman–Crippen LogP) is 6.40. The first-order chi connectivity index (χ1) is 17.4. The highest BCUT2D eigenvalue weighted by Crippen LogP contribution is 2.73. The van der Waals surface area contributed by atoms with Crippen LogP contribution in [0.5, 0.6) is 0 Å². The van der Waals surface area contributed by atoms with E-state index in [-0.39, 0.29) is 5.96 Å². The molecule has 0 aliphatic carbocycles. The van der Waals surface area contributed by atoms with Crippen molar-refractivity contribution in [1.82, 2.24) is 15.2 Å². The quantitative estimate of drug-likeness (QED) is 0.136. The highest BCUT2D eigenvalue weighted by atomic mass is 35.5. The Balaban J connectivity index is 0.000000202. The van der Waals surface area contributed by atoms with Crippen LogP contribution < -0.4 is 5.32 Å². The van der Waals surface area contributed by atoms with Crippen LogP contribution in [0.15, 0.2) is 93.9 Å². The fourth-order valence-electron chi connectivity index (χ4n) is 3.02. The van der Waals surface area contributed by atoms with Crippen LogP contribution in [0.3, 0.4) is 0 Å². The molecule has 1 fully saturated rings. The lowest BCUT2D eigenvalue weighted by molar-refractivity contribution is -0.485. The Morgan fingerprint density at radius 1 is 1.11 bits per heavy atom. The van der Waals surface area contributed by atoms with E-state index in [9.17, 15) is 14.7 Å². The Morgan fingerprint density at radius 3 is 2.22 bits per heavy atom. The lowest BCUT2D eigenvalue weighted by Crippen LogP contribution is -2.30. The van der Waals surface area contributed by atoms with Gasteiger partial charge in [0.15, 0.2) is 5.03 Å². The van der Waals surface area contributed by atoms with E-state index < -0.39 is 10.8 Å². The van der Waals surface area contributed by atoms with Crippen LogP contribution in [-0.2, 0) is 15.6 Å². The average molecular weight is 566 g/mol. The third kappa shape index (κ3) is 9.48. The second-order valence-corrected chi connectivity index (χ2v) is 14.7. The SMILES string of the molecule is CCOP(=O)(Sc1ccccc1)Sc1ccccc1.O=[N+]([O-])/N=C1\NCCN1Cc1ccc(Cl)nc1. The molecule has 1 aliphatic rings. The Labute approximate surface area is 222 Å². The average Bonchev–Trinajstić information content (AvgIpc) is 3.28. The van der Waals surface area contributed by atoms with E-state index in [1.54, 1.807) is 17.2 Å². The Morgan fingerprint density at radius 2 is 1.72 bits per heavy atom. The summed E-state index contributed by atoms with van der Waals surface area (Å²) in [6, 6.07) is 22.9. The second-order valence-electron chi connectivity index (χ2n) is 7.17. The standard InChI is InChI=1S/C14H15O2PS2.C9H10ClN5O2/c1-2-16-17(15,18-13-9-5-3-6-10-13)19-14-11-7-4-8-12-14;10-8-2-1-7(5-12-8)6-14-4-3-11-9(14)13-15(16)17/h3-12H,2H2,1H3;1-2,5H,3-4,6H2,(H,11,13). The van der Waals surface area contributed by atoms with Crippen molar-refractivity contribution >= 4 is 46.1 Å². The van der Waals surface area contributed by atoms with E-state index in [1.807, 2.05) is 73.7 Å². The number of nitrogens with zero attached hydrogens (tertiary/aromatic N) is 4. The number of halogens is 1. The number of guanidine groups is 1. The lowest BCUT2D eigenvalue weighted by Gasteiger charge is -2.16. The van der Waals surface area contributed by atoms with Gasteiger partial charge in [0.1, 0.15) is 10.3 Å². The van der Waals surface area contributed by atoms with Crippen LogP contribution in [0.2, 0.25) is 5.15 Å². The van der Waals surface area contributed by atoms with Crippen LogP contribution in [0.25, 0.3) is 0 Å². The molecule has 1 saturated heterocycles. The number of rotatable bonds is 9. The fraction of sp³-hybridized carbons (Fsp3) is 0.217. The monoisotopic (exact) mass is 565 g/mol. The molecule has 0 atom stereocenters. The molecule has 1 aliphatic heterocycles. The van der Waals surface area contributed by atoms with Gasteiger partial charge in [-0.05, 0) is 65.6 Å². The zero-order valence-electron chi connectivity index (χ0n) is 19.4. The minimum atomic E-state index is -2.83. The highest BCUT2D eigenvalue weighted by molar-refractivity contribution is 8.89. The molecule has 190 valence electrons. The summed E-state index contributed by atoms with van der Waals surface area (Å²) in [7, 11) is 0. The van der Waals surface area contributed by atoms with Gasteiger partial charge in [0, 0.05) is 35.6 Å². The number of aromatic nitrogens is 1. The summed E-state index contributed by atoms with van der Waals surface area (Å²) in [5, 5.41) is 16.2. The number of hydrogen-bond donors (Lipinski definition) is 1. The summed E-state index contributed by atoms with van der Waals surface area (Å²) in [5.74, 6) is -2.55. The fourth-order valence-corrected chi connectivity index (χ4v) is 9.89. The minimum absolute atomic E-state index is 0.282. The minimum Gasteiger partial charge on any atom is -0.349 e. The molecule has 0 unspecified atom stereocenters. The normalized spacial score (nSPS) is 14.2. The number of hydrogen-bond acceptors (Lipinski definition) is 7. The zero-order valence-corrected chi connectivity index (χ0v) is 22.7. The van der Waals surface area contributed by atoms with Gasteiger partial charge in [0.25, 0.3) is 5.96 Å². The molecule has 3 aromatic rings. The van der Waals surface area contributed by atoms with Crippen molar-refractivity contribution in [1.29, 1.82) is 0 Å². The van der Waals surface area contributed by atoms with Gasteiger partial charge in [-0.2, -0.15) is 0 Å². The van der Waals surface area contributed by atoms with Crippen molar-refractivity contribution in [3.63, 3.8) is 0 Å². The number of nitro groups is 1. The summed E-state index contributed by atoms with van der Waals surface area (Å²) in [6.45, 7) is 4.15. The van der Waals surface area contributed by atoms with Crippen molar-refractivity contribution in [2.45, 2.75) is 23.3 Å². The smallest absolute Gasteiger partial charge is 0.322 e. The molecule has 36 heavy (non-hydrogen) atoms. The molecule has 13 heteroatoms. The Hall–Kier alpha value is -2.56. The van der Waals surface area contributed by atoms with Crippen molar-refractivity contribution in [2.75, 3.05) is 19.7 Å². The predicted molar refractivity (Wildman–Crippen MR) is 146 cm³/mol. The summed E-state index contributed by atoms with van der Waals surface area (Å²) in [6.07, 6.45) is 1.64. The van der Waals surface area contributed by atoms with E-state index in [2.05, 4.69) is 15.4 Å². The largest absolute Gasteiger partial charge is 0.349 e. The van der Waals surface area contributed by atoms with Crippen LogP contribution in [-0.4, -0.2) is 40.6 Å². The van der Waals surface area contributed by atoms with E-state index >= 15 is 0 Å². The number of hydrazone groups is 1. The number of benzene rings is 2. The first-order valence-corrected chi connectivity index (χ1v) is 15.8. The zero-order chi connectivity index (χ0) is 25.8. The Kier molecular flexibility index (Phi) is 11.1. The highest BCUT2D eigenvalue weighted by Gasteiger charge is 2.26. The Bertz CT molecular complexity index is 1140. The van der Waals surface area contributed by atoms with Gasteiger partial charge >= 0.3 is 5.77 Å². The maximum absolute atomic E-state index is 12.9. The van der Waals surface area contributed by atoms with Gasteiger partial charge < -0.3 is 14.7 Å². The first-order valence-electron chi connectivity index (χ1n) is 10.9. The van der Waals surface area contributed by atoms with Gasteiger partial charge in [-0.15, -0.1) is 0 Å². The van der Waals surface area contributed by atoms with Gasteiger partial charge in [0.05, 0.1) is 6.61 Å². The summed E-state index contributed by atoms with van der Waals surface area (Å²) >= 11 is 8.29. The van der Waals surface area contributed by atoms with Crippen molar-refractivity contribution in [2.24, 2.45) is 5.10 Å². The summed E-state index contributed by atoms with van der Waals surface area (Å²) in [5.41, 5.74) is 0.925. The third-order valence-electron chi connectivity index (χ3n) is 4.51. The molecule has 1 N–H and O–H groups in total. The molecular weight excluding hydrogens is 541 g/mol. The molecule has 0 bridgehead atoms. The maximum Gasteiger partial charge on any atom is 0.322 e.